The zero-order valence-electron chi connectivity index (χ0n) is 10.8. The number of hydrogen-bond donors (Lipinski definition) is 1. The summed E-state index contributed by atoms with van der Waals surface area (Å²) >= 11 is 0. The third-order valence-electron chi connectivity index (χ3n) is 2.96. The number of nitro groups is 1. The molecule has 0 saturated heterocycles. The second kappa shape index (κ2) is 5.04. The fourth-order valence-corrected chi connectivity index (χ4v) is 2.01. The average molecular weight is 282 g/mol. The Balaban J connectivity index is 2.12. The van der Waals surface area contributed by atoms with Crippen molar-refractivity contribution in [3.05, 3.63) is 58.9 Å². The molecule has 104 valence electrons. The summed E-state index contributed by atoms with van der Waals surface area (Å²) in [6, 6.07) is 13.0. The second-order valence-corrected chi connectivity index (χ2v) is 4.25. The molecule has 2 aromatic carbocycles. The van der Waals surface area contributed by atoms with Crippen LogP contribution in [0, 0.1) is 10.1 Å². The number of nitrogens with two attached hydrogens (primary N) is 1. The predicted octanol–water partition coefficient (Wildman–Crippen LogP) is 2.91. The SMILES string of the molecule is Nc1ncnc(Oc2cccc3ccccc23)c1[N+](=O)[O-]. The molecule has 0 aliphatic carbocycles. The van der Waals surface area contributed by atoms with E-state index in [9.17, 15) is 10.1 Å². The molecule has 0 bridgehead atoms. The van der Waals surface area contributed by atoms with Gasteiger partial charge in [0.05, 0.1) is 4.92 Å². The van der Waals surface area contributed by atoms with Crippen LogP contribution in [0.5, 0.6) is 11.6 Å². The highest BCUT2D eigenvalue weighted by atomic mass is 16.6. The number of ether oxygens (including phenoxy) is 1. The maximum Gasteiger partial charge on any atom is 0.372 e. The van der Waals surface area contributed by atoms with Crippen LogP contribution in [0.15, 0.2) is 48.8 Å². The number of nitrogens with zero attached hydrogens (tertiary/aromatic N) is 3. The molecule has 0 spiro atoms. The third-order valence-corrected chi connectivity index (χ3v) is 2.96. The highest BCUT2D eigenvalue weighted by molar-refractivity contribution is 5.88. The van der Waals surface area contributed by atoms with E-state index in [0.717, 1.165) is 17.1 Å². The van der Waals surface area contributed by atoms with Gasteiger partial charge in [-0.15, -0.1) is 0 Å². The zero-order chi connectivity index (χ0) is 14.8. The standard InChI is InChI=1S/C14H10N4O3/c15-13-12(18(19)20)14(17-8-16-13)21-11-7-3-5-9-4-1-2-6-10(9)11/h1-8H,(H2,15,16,17). The second-order valence-electron chi connectivity index (χ2n) is 4.25. The van der Waals surface area contributed by atoms with Gasteiger partial charge in [-0.3, -0.25) is 10.1 Å². The first-order valence-electron chi connectivity index (χ1n) is 6.07. The summed E-state index contributed by atoms with van der Waals surface area (Å²) in [4.78, 5) is 17.8. The Kier molecular flexibility index (Phi) is 3.07. The maximum atomic E-state index is 11.1. The average Bonchev–Trinajstić information content (AvgIpc) is 2.47. The molecule has 0 amide bonds. The molecule has 1 heterocycles. The summed E-state index contributed by atoms with van der Waals surface area (Å²) in [7, 11) is 0. The molecular weight excluding hydrogens is 272 g/mol. The molecule has 0 radical (unpaired) electrons. The number of benzene rings is 2. The monoisotopic (exact) mass is 282 g/mol. The Bertz CT molecular complexity index is 830. The van der Waals surface area contributed by atoms with Crippen molar-refractivity contribution in [3.63, 3.8) is 0 Å². The summed E-state index contributed by atoms with van der Waals surface area (Å²) in [5.74, 6) is 0.0587. The van der Waals surface area contributed by atoms with Gasteiger partial charge < -0.3 is 10.5 Å². The first kappa shape index (κ1) is 12.8. The molecule has 21 heavy (non-hydrogen) atoms. The lowest BCUT2D eigenvalue weighted by Gasteiger charge is -2.08. The maximum absolute atomic E-state index is 11.1. The van der Waals surface area contributed by atoms with E-state index in [1.807, 2.05) is 30.3 Å². The topological polar surface area (TPSA) is 104 Å². The highest BCUT2D eigenvalue weighted by Crippen LogP contribution is 2.35. The Morgan fingerprint density at radius 2 is 1.86 bits per heavy atom. The van der Waals surface area contributed by atoms with Crippen LogP contribution in [-0.4, -0.2) is 14.9 Å². The lowest BCUT2D eigenvalue weighted by atomic mass is 10.1. The van der Waals surface area contributed by atoms with Gasteiger partial charge in [0.25, 0.3) is 0 Å². The molecule has 3 rings (SSSR count). The first-order valence-corrected chi connectivity index (χ1v) is 6.07. The smallest absolute Gasteiger partial charge is 0.372 e. The molecule has 0 saturated carbocycles. The van der Waals surface area contributed by atoms with Crippen LogP contribution in [0.4, 0.5) is 11.5 Å². The predicted molar refractivity (Wildman–Crippen MR) is 77.1 cm³/mol. The molecule has 7 nitrogen and oxygen atoms in total. The van der Waals surface area contributed by atoms with Crippen LogP contribution >= 0.6 is 0 Å². The van der Waals surface area contributed by atoms with Crippen LogP contribution < -0.4 is 10.5 Å². The van der Waals surface area contributed by atoms with E-state index >= 15 is 0 Å². The van der Waals surface area contributed by atoms with Crippen molar-refractivity contribution >= 4 is 22.3 Å². The van der Waals surface area contributed by atoms with E-state index in [1.54, 1.807) is 12.1 Å². The number of fused-ring (bicyclic) bond motifs is 1. The third kappa shape index (κ3) is 2.32. The Hall–Kier alpha value is -3.22. The number of nitrogen functional groups attached to an aromatic ring is 1. The number of hydrogen-bond acceptors (Lipinski definition) is 6. The lowest BCUT2D eigenvalue weighted by molar-refractivity contribution is -0.385. The van der Waals surface area contributed by atoms with Gasteiger partial charge in [0.15, 0.2) is 0 Å². The van der Waals surface area contributed by atoms with Crippen LogP contribution in [0.2, 0.25) is 0 Å². The van der Waals surface area contributed by atoms with Gasteiger partial charge in [-0.25, -0.2) is 4.98 Å². The van der Waals surface area contributed by atoms with Gasteiger partial charge in [-0.2, -0.15) is 4.98 Å². The molecule has 7 heteroatoms. The van der Waals surface area contributed by atoms with E-state index in [1.165, 1.54) is 0 Å². The molecule has 0 aliphatic heterocycles. The zero-order valence-corrected chi connectivity index (χ0v) is 10.8. The molecule has 0 fully saturated rings. The molecule has 0 unspecified atom stereocenters. The van der Waals surface area contributed by atoms with Gasteiger partial charge in [-0.1, -0.05) is 36.4 Å². The lowest BCUT2D eigenvalue weighted by Crippen LogP contribution is -2.02. The van der Waals surface area contributed by atoms with E-state index in [2.05, 4.69) is 9.97 Å². The number of rotatable bonds is 3. The van der Waals surface area contributed by atoms with Gasteiger partial charge in [0, 0.05) is 5.39 Å². The largest absolute Gasteiger partial charge is 0.433 e. The minimum Gasteiger partial charge on any atom is -0.433 e. The van der Waals surface area contributed by atoms with Crippen molar-refractivity contribution in [2.75, 3.05) is 5.73 Å². The minimum atomic E-state index is -0.657. The van der Waals surface area contributed by atoms with Crippen molar-refractivity contribution in [1.82, 2.24) is 9.97 Å². The van der Waals surface area contributed by atoms with Crippen molar-refractivity contribution in [3.8, 4) is 11.6 Å². The molecule has 1 aromatic heterocycles. The van der Waals surface area contributed by atoms with E-state index < -0.39 is 10.6 Å². The molecule has 2 N–H and O–H groups in total. The summed E-state index contributed by atoms with van der Waals surface area (Å²) < 4.78 is 5.59. The van der Waals surface area contributed by atoms with Crippen LogP contribution in [0.25, 0.3) is 10.8 Å². The first-order chi connectivity index (χ1) is 10.2. The van der Waals surface area contributed by atoms with Crippen molar-refractivity contribution in [2.24, 2.45) is 0 Å². The van der Waals surface area contributed by atoms with Crippen LogP contribution in [0.1, 0.15) is 0 Å². The quantitative estimate of drug-likeness (QED) is 0.585. The fraction of sp³-hybridized carbons (Fsp3) is 0. The molecular formula is C14H10N4O3. The van der Waals surface area contributed by atoms with Gasteiger partial charge in [0.2, 0.25) is 5.82 Å². The molecule has 0 atom stereocenters. The molecule has 3 aromatic rings. The number of aromatic nitrogens is 2. The van der Waals surface area contributed by atoms with Gasteiger partial charge in [-0.05, 0) is 11.5 Å². The Morgan fingerprint density at radius 3 is 2.67 bits per heavy atom. The summed E-state index contributed by atoms with van der Waals surface area (Å²) in [6.45, 7) is 0. The number of anilines is 1. The van der Waals surface area contributed by atoms with Crippen molar-refractivity contribution in [1.29, 1.82) is 0 Å². The molecule has 0 aliphatic rings. The summed E-state index contributed by atoms with van der Waals surface area (Å²) in [5, 5.41) is 12.8. The summed E-state index contributed by atoms with van der Waals surface area (Å²) in [5.41, 5.74) is 5.08. The van der Waals surface area contributed by atoms with Gasteiger partial charge in [0.1, 0.15) is 12.1 Å². The van der Waals surface area contributed by atoms with Crippen LogP contribution in [-0.2, 0) is 0 Å². The van der Waals surface area contributed by atoms with Crippen molar-refractivity contribution < 1.29 is 9.66 Å². The normalized spacial score (nSPS) is 10.5. The van der Waals surface area contributed by atoms with Crippen LogP contribution in [0.3, 0.4) is 0 Å². The Morgan fingerprint density at radius 1 is 1.10 bits per heavy atom. The summed E-state index contributed by atoms with van der Waals surface area (Å²) in [6.07, 6.45) is 1.13. The fourth-order valence-electron chi connectivity index (χ4n) is 2.01. The van der Waals surface area contributed by atoms with E-state index in [4.69, 9.17) is 10.5 Å². The van der Waals surface area contributed by atoms with Crippen molar-refractivity contribution in [2.45, 2.75) is 0 Å². The minimum absolute atomic E-state index is 0.177. The van der Waals surface area contributed by atoms with E-state index in [-0.39, 0.29) is 11.7 Å². The van der Waals surface area contributed by atoms with E-state index in [0.29, 0.717) is 5.75 Å². The highest BCUT2D eigenvalue weighted by Gasteiger charge is 2.23. The Labute approximate surface area is 119 Å². The van der Waals surface area contributed by atoms with Gasteiger partial charge >= 0.3 is 11.6 Å².